The molecule has 1 aromatic carbocycles. The summed E-state index contributed by atoms with van der Waals surface area (Å²) >= 11 is 5.87. The molecule has 0 fully saturated rings. The summed E-state index contributed by atoms with van der Waals surface area (Å²) in [4.78, 5) is 0. The van der Waals surface area contributed by atoms with E-state index >= 15 is 0 Å². The van der Waals surface area contributed by atoms with Gasteiger partial charge in [0.2, 0.25) is 0 Å². The second-order valence-corrected chi connectivity index (χ2v) is 3.91. The molecule has 0 saturated heterocycles. The molecule has 1 aliphatic rings. The first-order valence-electron chi connectivity index (χ1n) is 4.34. The molecule has 0 spiro atoms. The van der Waals surface area contributed by atoms with Crippen molar-refractivity contribution in [3.8, 4) is 0 Å². The van der Waals surface area contributed by atoms with E-state index in [9.17, 15) is 4.39 Å². The number of hydrogen-bond donors (Lipinski definition) is 1. The van der Waals surface area contributed by atoms with E-state index in [4.69, 9.17) is 17.3 Å². The van der Waals surface area contributed by atoms with Crippen LogP contribution in [0.2, 0.25) is 5.02 Å². The van der Waals surface area contributed by atoms with Crippen molar-refractivity contribution in [2.45, 2.75) is 25.8 Å². The highest BCUT2D eigenvalue weighted by molar-refractivity contribution is 6.31. The lowest BCUT2D eigenvalue weighted by molar-refractivity contribution is 0.612. The molecular formula is C10H11ClFN. The Morgan fingerprint density at radius 3 is 3.00 bits per heavy atom. The van der Waals surface area contributed by atoms with E-state index in [1.54, 1.807) is 0 Å². The van der Waals surface area contributed by atoms with Crippen LogP contribution in [0.1, 0.15) is 29.2 Å². The molecule has 0 bridgehead atoms. The zero-order valence-electron chi connectivity index (χ0n) is 7.40. The van der Waals surface area contributed by atoms with Gasteiger partial charge in [0.1, 0.15) is 5.82 Å². The Morgan fingerprint density at radius 1 is 1.62 bits per heavy atom. The number of benzene rings is 1. The summed E-state index contributed by atoms with van der Waals surface area (Å²) in [6.45, 7) is 1.89. The summed E-state index contributed by atoms with van der Waals surface area (Å²) in [5.41, 5.74) is 8.47. The molecule has 1 nitrogen and oxygen atoms in total. The van der Waals surface area contributed by atoms with Crippen LogP contribution in [0.5, 0.6) is 0 Å². The number of nitrogens with two attached hydrogens (primary N) is 1. The first-order valence-corrected chi connectivity index (χ1v) is 4.72. The van der Waals surface area contributed by atoms with Crippen molar-refractivity contribution in [1.29, 1.82) is 0 Å². The fraction of sp³-hybridized carbons (Fsp3) is 0.400. The van der Waals surface area contributed by atoms with Crippen LogP contribution < -0.4 is 5.73 Å². The van der Waals surface area contributed by atoms with E-state index in [0.29, 0.717) is 5.02 Å². The molecular weight excluding hydrogens is 189 g/mol. The topological polar surface area (TPSA) is 26.0 Å². The van der Waals surface area contributed by atoms with Gasteiger partial charge >= 0.3 is 0 Å². The molecule has 70 valence electrons. The summed E-state index contributed by atoms with van der Waals surface area (Å²) in [6, 6.07) is 1.34. The van der Waals surface area contributed by atoms with Gasteiger partial charge in [-0.25, -0.2) is 4.39 Å². The number of hydrogen-bond acceptors (Lipinski definition) is 1. The van der Waals surface area contributed by atoms with Gasteiger partial charge in [0.25, 0.3) is 0 Å². The normalized spacial score (nSPS) is 20.5. The maximum Gasteiger partial charge on any atom is 0.128 e. The molecule has 2 N–H and O–H groups in total. The van der Waals surface area contributed by atoms with Crippen LogP contribution in [0.3, 0.4) is 0 Å². The van der Waals surface area contributed by atoms with Crippen LogP contribution in [0, 0.1) is 12.7 Å². The van der Waals surface area contributed by atoms with Gasteiger partial charge in [-0.2, -0.15) is 0 Å². The molecule has 1 aliphatic carbocycles. The third-order valence-corrected chi connectivity index (χ3v) is 3.10. The van der Waals surface area contributed by atoms with Crippen molar-refractivity contribution in [3.05, 3.63) is 33.6 Å². The average molecular weight is 200 g/mol. The Bertz CT molecular complexity index is 362. The van der Waals surface area contributed by atoms with E-state index in [0.717, 1.165) is 29.5 Å². The SMILES string of the molecule is Cc1c(Cl)cc(F)c2c1[C@@H](N)CC2. The van der Waals surface area contributed by atoms with E-state index in [1.165, 1.54) is 6.07 Å². The summed E-state index contributed by atoms with van der Waals surface area (Å²) in [5.74, 6) is -0.210. The van der Waals surface area contributed by atoms with Crippen LogP contribution in [-0.4, -0.2) is 0 Å². The zero-order valence-corrected chi connectivity index (χ0v) is 8.16. The molecule has 0 aromatic heterocycles. The molecule has 0 heterocycles. The van der Waals surface area contributed by atoms with Gasteiger partial charge in [0.15, 0.2) is 0 Å². The van der Waals surface area contributed by atoms with Gasteiger partial charge in [-0.05, 0) is 42.5 Å². The third-order valence-electron chi connectivity index (χ3n) is 2.71. The first-order chi connectivity index (χ1) is 6.11. The van der Waals surface area contributed by atoms with E-state index in [2.05, 4.69) is 0 Å². The van der Waals surface area contributed by atoms with Crippen molar-refractivity contribution in [2.75, 3.05) is 0 Å². The molecule has 0 unspecified atom stereocenters. The summed E-state index contributed by atoms with van der Waals surface area (Å²) in [7, 11) is 0. The Kier molecular flexibility index (Phi) is 2.05. The minimum atomic E-state index is -0.210. The molecule has 13 heavy (non-hydrogen) atoms. The predicted molar refractivity (Wildman–Crippen MR) is 51.4 cm³/mol. The second-order valence-electron chi connectivity index (χ2n) is 3.50. The van der Waals surface area contributed by atoms with Gasteiger partial charge in [0.05, 0.1) is 0 Å². The number of rotatable bonds is 0. The quantitative estimate of drug-likeness (QED) is 0.683. The molecule has 0 saturated carbocycles. The number of fused-ring (bicyclic) bond motifs is 1. The smallest absolute Gasteiger partial charge is 0.128 e. The highest BCUT2D eigenvalue weighted by Gasteiger charge is 2.25. The van der Waals surface area contributed by atoms with Crippen molar-refractivity contribution in [1.82, 2.24) is 0 Å². The van der Waals surface area contributed by atoms with Crippen molar-refractivity contribution in [3.63, 3.8) is 0 Å². The lowest BCUT2D eigenvalue weighted by Crippen LogP contribution is -2.07. The lowest BCUT2D eigenvalue weighted by Gasteiger charge is -2.10. The predicted octanol–water partition coefficient (Wildman–Crippen LogP) is 2.73. The molecule has 3 heteroatoms. The van der Waals surface area contributed by atoms with Crippen LogP contribution in [0.25, 0.3) is 0 Å². The van der Waals surface area contributed by atoms with Crippen LogP contribution in [0.4, 0.5) is 4.39 Å². The highest BCUT2D eigenvalue weighted by atomic mass is 35.5. The summed E-state index contributed by atoms with van der Waals surface area (Å²) in [5, 5.41) is 0.480. The van der Waals surface area contributed by atoms with E-state index < -0.39 is 0 Å². The van der Waals surface area contributed by atoms with Crippen LogP contribution >= 0.6 is 11.6 Å². The fourth-order valence-electron chi connectivity index (χ4n) is 1.99. The summed E-state index contributed by atoms with van der Waals surface area (Å²) in [6.07, 6.45) is 1.56. The Morgan fingerprint density at radius 2 is 2.31 bits per heavy atom. The van der Waals surface area contributed by atoms with E-state index in [1.807, 2.05) is 6.92 Å². The highest BCUT2D eigenvalue weighted by Crippen LogP contribution is 2.36. The maximum absolute atomic E-state index is 13.4. The molecule has 2 rings (SSSR count). The van der Waals surface area contributed by atoms with E-state index in [-0.39, 0.29) is 11.9 Å². The van der Waals surface area contributed by atoms with Crippen LogP contribution in [-0.2, 0) is 6.42 Å². The molecule has 1 aromatic rings. The Balaban J connectivity index is 2.70. The maximum atomic E-state index is 13.4. The first kappa shape index (κ1) is 8.97. The van der Waals surface area contributed by atoms with Crippen LogP contribution in [0.15, 0.2) is 6.07 Å². The van der Waals surface area contributed by atoms with Gasteiger partial charge in [-0.1, -0.05) is 11.6 Å². The Labute approximate surface area is 81.7 Å². The van der Waals surface area contributed by atoms with Crippen molar-refractivity contribution < 1.29 is 4.39 Å². The second kappa shape index (κ2) is 2.96. The van der Waals surface area contributed by atoms with Gasteiger partial charge in [-0.15, -0.1) is 0 Å². The molecule has 1 atom stereocenters. The largest absolute Gasteiger partial charge is 0.324 e. The monoisotopic (exact) mass is 199 g/mol. The minimum Gasteiger partial charge on any atom is -0.324 e. The van der Waals surface area contributed by atoms with Crippen molar-refractivity contribution >= 4 is 11.6 Å². The van der Waals surface area contributed by atoms with Crippen molar-refractivity contribution in [2.24, 2.45) is 5.73 Å². The summed E-state index contributed by atoms with van der Waals surface area (Å²) < 4.78 is 13.4. The van der Waals surface area contributed by atoms with Gasteiger partial charge < -0.3 is 5.73 Å². The number of halogens is 2. The van der Waals surface area contributed by atoms with Gasteiger partial charge in [-0.3, -0.25) is 0 Å². The third kappa shape index (κ3) is 1.25. The molecule has 0 amide bonds. The average Bonchev–Trinajstić information content (AvgIpc) is 2.44. The zero-order chi connectivity index (χ0) is 9.59. The minimum absolute atomic E-state index is 0.0387. The lowest BCUT2D eigenvalue weighted by atomic mass is 10.0. The molecule has 0 radical (unpaired) electrons. The Hall–Kier alpha value is -0.600. The standard InChI is InChI=1S/C10H11ClFN/c1-5-7(11)4-8(12)6-2-3-9(13)10(5)6/h4,9H,2-3,13H2,1H3/t9-/m0/s1. The molecule has 0 aliphatic heterocycles. The van der Waals surface area contributed by atoms with Gasteiger partial charge in [0, 0.05) is 11.1 Å². The fourth-order valence-corrected chi connectivity index (χ4v) is 2.19.